The van der Waals surface area contributed by atoms with E-state index < -0.39 is 15.6 Å². The Hall–Kier alpha value is -3.61. The summed E-state index contributed by atoms with van der Waals surface area (Å²) in [6, 6.07) is 11.5. The molecule has 0 aliphatic carbocycles. The zero-order chi connectivity index (χ0) is 29.7. The Kier molecular flexibility index (Phi) is 9.34. The topological polar surface area (TPSA) is 126 Å². The molecule has 1 fully saturated rings. The molecule has 0 unspecified atom stereocenters. The van der Waals surface area contributed by atoms with Crippen LogP contribution < -0.4 is 10.3 Å². The van der Waals surface area contributed by atoms with Gasteiger partial charge < -0.3 is 19.2 Å². The summed E-state index contributed by atoms with van der Waals surface area (Å²) in [4.78, 5) is 32.4. The molecule has 0 amide bonds. The summed E-state index contributed by atoms with van der Waals surface area (Å²) in [6.07, 6.45) is 4.44. The summed E-state index contributed by atoms with van der Waals surface area (Å²) in [7, 11) is -3.81. The highest BCUT2D eigenvalue weighted by atomic mass is 32.2. The summed E-state index contributed by atoms with van der Waals surface area (Å²) in [5.41, 5.74) is 1.70. The van der Waals surface area contributed by atoms with Crippen LogP contribution in [0.25, 0.3) is 22.6 Å². The summed E-state index contributed by atoms with van der Waals surface area (Å²) >= 11 is 0. The fourth-order valence-corrected chi connectivity index (χ4v) is 6.56. The highest BCUT2D eigenvalue weighted by Crippen LogP contribution is 2.30. The highest BCUT2D eigenvalue weighted by Gasteiger charge is 2.30. The molecule has 12 heteroatoms. The average Bonchev–Trinajstić information content (AvgIpc) is 3.35. The van der Waals surface area contributed by atoms with Crippen LogP contribution in [0.3, 0.4) is 0 Å². The van der Waals surface area contributed by atoms with Gasteiger partial charge in [-0.2, -0.15) is 4.31 Å². The Bertz CT molecular complexity index is 1680. The number of aromatic amines is 1. The Labute approximate surface area is 246 Å². The fourth-order valence-electron chi connectivity index (χ4n) is 5.16. The van der Waals surface area contributed by atoms with Crippen molar-refractivity contribution in [1.82, 2.24) is 33.7 Å². The number of hydrogen-bond acceptors (Lipinski definition) is 8. The number of aromatic nitrogens is 5. The van der Waals surface area contributed by atoms with Crippen LogP contribution in [0.4, 0.5) is 0 Å². The maximum atomic E-state index is 13.7. The van der Waals surface area contributed by atoms with Gasteiger partial charge in [-0.05, 0) is 31.0 Å². The molecule has 224 valence electrons. The third-order valence-corrected chi connectivity index (χ3v) is 9.43. The van der Waals surface area contributed by atoms with Crippen molar-refractivity contribution >= 4 is 21.2 Å². The van der Waals surface area contributed by atoms with Crippen LogP contribution in [-0.2, 0) is 23.0 Å². The van der Waals surface area contributed by atoms with Gasteiger partial charge in [-0.25, -0.2) is 23.4 Å². The minimum atomic E-state index is -3.81. The Morgan fingerprint density at radius 2 is 1.76 bits per heavy atom. The maximum Gasteiger partial charge on any atom is 0.279 e. The van der Waals surface area contributed by atoms with E-state index in [1.54, 1.807) is 0 Å². The van der Waals surface area contributed by atoms with Gasteiger partial charge in [-0.15, -0.1) is 0 Å². The molecule has 4 heterocycles. The number of piperazine rings is 1. The molecule has 4 aromatic rings. The first-order valence-corrected chi connectivity index (χ1v) is 16.2. The van der Waals surface area contributed by atoms with Crippen LogP contribution in [0, 0.1) is 0 Å². The lowest BCUT2D eigenvalue weighted by molar-refractivity contribution is 0.196. The lowest BCUT2D eigenvalue weighted by atomic mass is 10.1. The first-order chi connectivity index (χ1) is 20.3. The number of H-pyrrole nitrogens is 1. The predicted octanol–water partition coefficient (Wildman–Crippen LogP) is 3.69. The van der Waals surface area contributed by atoms with Crippen LogP contribution in [-0.4, -0.2) is 81.5 Å². The van der Waals surface area contributed by atoms with E-state index in [1.807, 2.05) is 34.9 Å². The third kappa shape index (κ3) is 6.25. The summed E-state index contributed by atoms with van der Waals surface area (Å²) in [5.74, 6) is 1.17. The van der Waals surface area contributed by atoms with E-state index in [0.717, 1.165) is 37.2 Å². The molecule has 42 heavy (non-hydrogen) atoms. The van der Waals surface area contributed by atoms with Crippen LogP contribution in [0.15, 0.2) is 52.3 Å². The molecule has 0 spiro atoms. The normalized spacial score (nSPS) is 14.9. The number of nitrogens with zero attached hydrogens (tertiary/aromatic N) is 6. The largest absolute Gasteiger partial charge is 0.477 e. The lowest BCUT2D eigenvalue weighted by Gasteiger charge is -2.33. The Balaban J connectivity index is 1.59. The molecular formula is C30H39N7O4S. The predicted molar refractivity (Wildman–Crippen MR) is 162 cm³/mol. The van der Waals surface area contributed by atoms with Gasteiger partial charge in [0.2, 0.25) is 15.9 Å². The van der Waals surface area contributed by atoms with E-state index in [1.165, 1.54) is 16.6 Å². The molecule has 1 aliphatic heterocycles. The number of pyridine rings is 1. The van der Waals surface area contributed by atoms with Gasteiger partial charge in [0.25, 0.3) is 5.56 Å². The van der Waals surface area contributed by atoms with Gasteiger partial charge in [0, 0.05) is 39.1 Å². The quantitative estimate of drug-likeness (QED) is 0.247. The van der Waals surface area contributed by atoms with E-state index in [2.05, 4.69) is 40.6 Å². The number of ether oxygens (including phenoxy) is 1. The molecule has 5 rings (SSSR count). The lowest BCUT2D eigenvalue weighted by Crippen LogP contribution is -2.48. The summed E-state index contributed by atoms with van der Waals surface area (Å²) in [6.45, 7) is 10.3. The molecule has 1 aromatic carbocycles. The Morgan fingerprint density at radius 3 is 2.45 bits per heavy atom. The highest BCUT2D eigenvalue weighted by molar-refractivity contribution is 7.89. The number of likely N-dealkylation sites (N-methyl/N-ethyl adjacent to an activating group) is 1. The van der Waals surface area contributed by atoms with Crippen molar-refractivity contribution < 1.29 is 13.2 Å². The first-order valence-electron chi connectivity index (χ1n) is 14.7. The van der Waals surface area contributed by atoms with Crippen molar-refractivity contribution in [1.29, 1.82) is 0 Å². The van der Waals surface area contributed by atoms with Gasteiger partial charge in [0.1, 0.15) is 16.5 Å². The molecule has 0 radical (unpaired) electrons. The minimum absolute atomic E-state index is 0.0415. The van der Waals surface area contributed by atoms with Crippen molar-refractivity contribution in [3.8, 4) is 17.3 Å². The van der Waals surface area contributed by atoms with Crippen LogP contribution in [0.1, 0.15) is 51.4 Å². The number of sulfonamides is 1. The van der Waals surface area contributed by atoms with Gasteiger partial charge >= 0.3 is 0 Å². The number of rotatable bonds is 12. The third-order valence-electron chi connectivity index (χ3n) is 7.57. The SMILES string of the molecule is CCCCOc1ncc(S(=O)(=O)N2CCN(CC)CC2)cc1-c1nc2c(nc(Cc3ccccc3)n2CCC)c(=O)[nH]1. The van der Waals surface area contributed by atoms with Crippen LogP contribution in [0.5, 0.6) is 5.88 Å². The monoisotopic (exact) mass is 593 g/mol. The second kappa shape index (κ2) is 13.1. The molecule has 1 N–H and O–H groups in total. The Morgan fingerprint density at radius 1 is 1.00 bits per heavy atom. The molecule has 1 saturated heterocycles. The zero-order valence-electron chi connectivity index (χ0n) is 24.5. The molecule has 0 saturated carbocycles. The van der Waals surface area contributed by atoms with Gasteiger partial charge in [-0.3, -0.25) is 4.79 Å². The fraction of sp³-hybridized carbons (Fsp3) is 0.467. The maximum absolute atomic E-state index is 13.7. The van der Waals surface area contributed by atoms with Crippen molar-refractivity contribution in [2.24, 2.45) is 0 Å². The van der Waals surface area contributed by atoms with E-state index in [-0.39, 0.29) is 22.1 Å². The number of unbranched alkanes of at least 4 members (excludes halogenated alkanes) is 1. The molecule has 0 bridgehead atoms. The van der Waals surface area contributed by atoms with Crippen molar-refractivity contribution in [3.05, 3.63) is 64.3 Å². The molecular weight excluding hydrogens is 554 g/mol. The second-order valence-corrected chi connectivity index (χ2v) is 12.4. The van der Waals surface area contributed by atoms with Crippen LogP contribution in [0.2, 0.25) is 0 Å². The summed E-state index contributed by atoms with van der Waals surface area (Å²) < 4.78 is 36.7. The smallest absolute Gasteiger partial charge is 0.279 e. The summed E-state index contributed by atoms with van der Waals surface area (Å²) in [5, 5.41) is 0. The molecule has 11 nitrogen and oxygen atoms in total. The zero-order valence-corrected chi connectivity index (χ0v) is 25.4. The van der Waals surface area contributed by atoms with Gasteiger partial charge in [0.15, 0.2) is 11.2 Å². The van der Waals surface area contributed by atoms with Crippen molar-refractivity contribution in [2.45, 2.75) is 57.9 Å². The number of benzene rings is 1. The number of nitrogens with one attached hydrogen (secondary N) is 1. The number of imidazole rings is 1. The number of aryl methyl sites for hydroxylation is 1. The average molecular weight is 594 g/mol. The van der Waals surface area contributed by atoms with Crippen molar-refractivity contribution in [3.63, 3.8) is 0 Å². The van der Waals surface area contributed by atoms with Gasteiger partial charge in [0.05, 0.1) is 18.4 Å². The van der Waals surface area contributed by atoms with E-state index in [9.17, 15) is 13.2 Å². The number of fused-ring (bicyclic) bond motifs is 1. The number of hydrogen-bond donors (Lipinski definition) is 1. The van der Waals surface area contributed by atoms with Crippen LogP contribution >= 0.6 is 0 Å². The standard InChI is InChI=1S/C30H39N7O4S/c1-4-7-18-41-30-24(20-23(21-31-30)42(39,40)36-16-14-35(6-3)15-17-36)27-33-28-26(29(38)34-27)32-25(37(28)13-5-2)19-22-11-9-8-10-12-22/h8-12,20-21H,4-7,13-19H2,1-3H3,(H,33,34,38). The molecule has 1 aliphatic rings. The molecule has 3 aromatic heterocycles. The van der Waals surface area contributed by atoms with E-state index >= 15 is 0 Å². The minimum Gasteiger partial charge on any atom is -0.477 e. The van der Waals surface area contributed by atoms with E-state index in [0.29, 0.717) is 57.0 Å². The van der Waals surface area contributed by atoms with E-state index in [4.69, 9.17) is 9.72 Å². The van der Waals surface area contributed by atoms with Crippen molar-refractivity contribution in [2.75, 3.05) is 39.3 Å². The second-order valence-electron chi connectivity index (χ2n) is 10.5. The molecule has 0 atom stereocenters. The first kappa shape index (κ1) is 29.9. The van der Waals surface area contributed by atoms with Gasteiger partial charge in [-0.1, -0.05) is 57.5 Å².